The number of rotatable bonds is 4. The highest BCUT2D eigenvalue weighted by atomic mass is 16.2. The minimum atomic E-state index is 0.197. The number of H-pyrrole nitrogens is 1. The van der Waals surface area contributed by atoms with Gasteiger partial charge in [0.15, 0.2) is 0 Å². The fourth-order valence-electron chi connectivity index (χ4n) is 4.42. The highest BCUT2D eigenvalue weighted by Crippen LogP contribution is 2.27. The smallest absolute Gasteiger partial charge is 0.224 e. The molecule has 0 aliphatic carbocycles. The highest BCUT2D eigenvalue weighted by Gasteiger charge is 2.26. The van der Waals surface area contributed by atoms with E-state index in [1.54, 1.807) is 0 Å². The Morgan fingerprint density at radius 3 is 2.90 bits per heavy atom. The summed E-state index contributed by atoms with van der Waals surface area (Å²) < 4.78 is 1.96. The predicted molar refractivity (Wildman–Crippen MR) is 114 cm³/mol. The molecule has 0 saturated carbocycles. The van der Waals surface area contributed by atoms with E-state index in [4.69, 9.17) is 4.98 Å². The molecule has 0 spiro atoms. The Hall–Kier alpha value is -3.15. The molecule has 1 atom stereocenters. The van der Waals surface area contributed by atoms with Crippen molar-refractivity contribution in [2.75, 3.05) is 13.1 Å². The number of para-hydroxylation sites is 3. The first-order chi connectivity index (χ1) is 14.2. The van der Waals surface area contributed by atoms with Crippen LogP contribution in [0.15, 0.2) is 48.5 Å². The van der Waals surface area contributed by atoms with Crippen LogP contribution in [-0.2, 0) is 11.3 Å². The summed E-state index contributed by atoms with van der Waals surface area (Å²) in [4.78, 5) is 23.1. The van der Waals surface area contributed by atoms with Gasteiger partial charge < -0.3 is 9.88 Å². The minimum absolute atomic E-state index is 0.197. The molecular weight excluding hydrogens is 362 g/mol. The number of aromatic amines is 1. The van der Waals surface area contributed by atoms with Crippen molar-refractivity contribution in [1.29, 1.82) is 0 Å². The van der Waals surface area contributed by atoms with Gasteiger partial charge in [-0.25, -0.2) is 4.98 Å². The van der Waals surface area contributed by atoms with Crippen LogP contribution in [0.25, 0.3) is 21.9 Å². The monoisotopic (exact) mass is 387 g/mol. The Morgan fingerprint density at radius 1 is 1.17 bits per heavy atom. The fraction of sp³-hybridized carbons (Fsp3) is 0.348. The zero-order valence-corrected chi connectivity index (χ0v) is 16.6. The maximum atomic E-state index is 12.9. The summed E-state index contributed by atoms with van der Waals surface area (Å²) in [6.45, 7) is 4.19. The van der Waals surface area contributed by atoms with Gasteiger partial charge in [0, 0.05) is 30.8 Å². The second-order valence-corrected chi connectivity index (χ2v) is 7.89. The van der Waals surface area contributed by atoms with E-state index in [0.717, 1.165) is 59.4 Å². The number of nitrogens with zero attached hydrogens (tertiary/aromatic N) is 4. The van der Waals surface area contributed by atoms with E-state index >= 15 is 0 Å². The van der Waals surface area contributed by atoms with E-state index in [1.165, 1.54) is 0 Å². The molecule has 0 radical (unpaired) electrons. The average Bonchev–Trinajstić information content (AvgIpc) is 3.34. The third kappa shape index (κ3) is 3.39. The molecule has 1 unspecified atom stereocenters. The van der Waals surface area contributed by atoms with Crippen LogP contribution in [0, 0.1) is 6.92 Å². The van der Waals surface area contributed by atoms with Crippen molar-refractivity contribution >= 4 is 27.8 Å². The Balaban J connectivity index is 1.27. The molecule has 1 N–H and O–H groups in total. The molecule has 2 aromatic heterocycles. The molecule has 0 bridgehead atoms. The standard InChI is InChI=1S/C23H25N5O/c1-16-18-8-2-5-11-21(18)28(26-16)14-12-22(29)27-13-6-7-17(15-27)23-24-19-9-3-4-10-20(19)25-23/h2-5,8-11,17H,6-7,12-15H2,1H3,(H,24,25). The van der Waals surface area contributed by atoms with Gasteiger partial charge in [-0.2, -0.15) is 5.10 Å². The summed E-state index contributed by atoms with van der Waals surface area (Å²) >= 11 is 0. The number of benzene rings is 2. The molecule has 5 rings (SSSR count). The number of aromatic nitrogens is 4. The third-order valence-electron chi connectivity index (χ3n) is 5.95. The van der Waals surface area contributed by atoms with Gasteiger partial charge in [0.2, 0.25) is 5.91 Å². The van der Waals surface area contributed by atoms with Crippen molar-refractivity contribution in [2.24, 2.45) is 0 Å². The van der Waals surface area contributed by atoms with E-state index in [9.17, 15) is 4.79 Å². The molecule has 4 aromatic rings. The number of nitrogens with one attached hydrogen (secondary N) is 1. The largest absolute Gasteiger partial charge is 0.342 e. The molecule has 148 valence electrons. The van der Waals surface area contributed by atoms with Crippen molar-refractivity contribution in [3.05, 3.63) is 60.0 Å². The normalized spacial score (nSPS) is 17.3. The quantitative estimate of drug-likeness (QED) is 0.575. The molecule has 6 heteroatoms. The first-order valence-electron chi connectivity index (χ1n) is 10.3. The van der Waals surface area contributed by atoms with Crippen LogP contribution in [0.2, 0.25) is 0 Å². The van der Waals surface area contributed by atoms with Gasteiger partial charge in [0.05, 0.1) is 28.8 Å². The van der Waals surface area contributed by atoms with Gasteiger partial charge in [-0.05, 0) is 38.0 Å². The van der Waals surface area contributed by atoms with E-state index < -0.39 is 0 Å². The zero-order valence-electron chi connectivity index (χ0n) is 16.6. The second kappa shape index (κ2) is 7.35. The van der Waals surface area contributed by atoms with E-state index in [2.05, 4.69) is 22.2 Å². The number of piperidine rings is 1. The van der Waals surface area contributed by atoms with Gasteiger partial charge in [-0.15, -0.1) is 0 Å². The number of carbonyl (C=O) groups is 1. The SMILES string of the molecule is Cc1nn(CCC(=O)N2CCCC(c3nc4ccccc4[nH]3)C2)c2ccccc12. The lowest BCUT2D eigenvalue weighted by atomic mass is 9.97. The molecule has 1 fully saturated rings. The first-order valence-corrected chi connectivity index (χ1v) is 10.3. The van der Waals surface area contributed by atoms with Crippen LogP contribution in [0.5, 0.6) is 0 Å². The summed E-state index contributed by atoms with van der Waals surface area (Å²) in [5, 5.41) is 5.78. The fourth-order valence-corrected chi connectivity index (χ4v) is 4.42. The highest BCUT2D eigenvalue weighted by molar-refractivity contribution is 5.82. The van der Waals surface area contributed by atoms with Gasteiger partial charge in [0.25, 0.3) is 0 Å². The molecule has 1 saturated heterocycles. The predicted octanol–water partition coefficient (Wildman–Crippen LogP) is 4.02. The van der Waals surface area contributed by atoms with Crippen molar-refractivity contribution in [3.8, 4) is 0 Å². The van der Waals surface area contributed by atoms with Gasteiger partial charge in [-0.3, -0.25) is 9.48 Å². The molecule has 6 nitrogen and oxygen atoms in total. The first kappa shape index (κ1) is 17.9. The number of amides is 1. The van der Waals surface area contributed by atoms with Crippen molar-refractivity contribution < 1.29 is 4.79 Å². The second-order valence-electron chi connectivity index (χ2n) is 7.89. The number of hydrogen-bond acceptors (Lipinski definition) is 3. The summed E-state index contributed by atoms with van der Waals surface area (Å²) in [6, 6.07) is 16.3. The maximum absolute atomic E-state index is 12.9. The van der Waals surface area contributed by atoms with E-state index in [1.807, 2.05) is 52.9 Å². The number of fused-ring (bicyclic) bond motifs is 2. The Kier molecular flexibility index (Phi) is 4.54. The minimum Gasteiger partial charge on any atom is -0.342 e. The zero-order chi connectivity index (χ0) is 19.8. The summed E-state index contributed by atoms with van der Waals surface area (Å²) in [7, 11) is 0. The van der Waals surface area contributed by atoms with Crippen LogP contribution in [-0.4, -0.2) is 43.6 Å². The van der Waals surface area contributed by atoms with Gasteiger partial charge >= 0.3 is 0 Å². The van der Waals surface area contributed by atoms with Crippen LogP contribution < -0.4 is 0 Å². The average molecular weight is 387 g/mol. The van der Waals surface area contributed by atoms with Gasteiger partial charge in [-0.1, -0.05) is 30.3 Å². The van der Waals surface area contributed by atoms with Gasteiger partial charge in [0.1, 0.15) is 5.82 Å². The number of carbonyl (C=O) groups excluding carboxylic acids is 1. The summed E-state index contributed by atoms with van der Waals surface area (Å²) in [5.74, 6) is 1.47. The molecule has 29 heavy (non-hydrogen) atoms. The molecule has 1 aliphatic heterocycles. The molecule has 1 amide bonds. The lowest BCUT2D eigenvalue weighted by Crippen LogP contribution is -2.39. The molecular formula is C23H25N5O. The summed E-state index contributed by atoms with van der Waals surface area (Å²) in [6.07, 6.45) is 2.54. The Morgan fingerprint density at radius 2 is 2.00 bits per heavy atom. The number of aryl methyl sites for hydroxylation is 2. The van der Waals surface area contributed by atoms with Crippen molar-refractivity contribution in [3.63, 3.8) is 0 Å². The number of imidazole rings is 1. The molecule has 1 aliphatic rings. The summed E-state index contributed by atoms with van der Waals surface area (Å²) in [5.41, 5.74) is 4.16. The number of likely N-dealkylation sites (tertiary alicyclic amines) is 1. The van der Waals surface area contributed by atoms with Crippen molar-refractivity contribution in [1.82, 2.24) is 24.6 Å². The van der Waals surface area contributed by atoms with Crippen molar-refractivity contribution in [2.45, 2.75) is 38.6 Å². The van der Waals surface area contributed by atoms with Crippen LogP contribution in [0.3, 0.4) is 0 Å². The van der Waals surface area contributed by atoms with Crippen LogP contribution in [0.1, 0.15) is 36.7 Å². The lowest BCUT2D eigenvalue weighted by Gasteiger charge is -2.32. The van der Waals surface area contributed by atoms with Crippen LogP contribution in [0.4, 0.5) is 0 Å². The third-order valence-corrected chi connectivity index (χ3v) is 5.95. The molecule has 2 aromatic carbocycles. The topological polar surface area (TPSA) is 66.8 Å². The number of hydrogen-bond donors (Lipinski definition) is 1. The molecule has 3 heterocycles. The van der Waals surface area contributed by atoms with Crippen LogP contribution >= 0.6 is 0 Å². The van der Waals surface area contributed by atoms with E-state index in [-0.39, 0.29) is 11.8 Å². The Bertz CT molecular complexity index is 1140. The van der Waals surface area contributed by atoms with E-state index in [0.29, 0.717) is 13.0 Å². The lowest BCUT2D eigenvalue weighted by molar-refractivity contribution is -0.132. The Labute approximate surface area is 169 Å². The maximum Gasteiger partial charge on any atom is 0.224 e.